The maximum absolute atomic E-state index is 12.5. The summed E-state index contributed by atoms with van der Waals surface area (Å²) in [5.41, 5.74) is 3.78. The van der Waals surface area contributed by atoms with Gasteiger partial charge in [0.05, 0.1) is 16.8 Å². The van der Waals surface area contributed by atoms with Gasteiger partial charge in [-0.1, -0.05) is 24.3 Å². The first-order valence-corrected chi connectivity index (χ1v) is 9.13. The van der Waals surface area contributed by atoms with E-state index in [9.17, 15) is 14.4 Å². The first-order chi connectivity index (χ1) is 13.0. The van der Waals surface area contributed by atoms with E-state index in [0.29, 0.717) is 16.3 Å². The highest BCUT2D eigenvalue weighted by Crippen LogP contribution is 2.28. The van der Waals surface area contributed by atoms with Crippen LogP contribution in [0.4, 0.5) is 5.13 Å². The fourth-order valence-corrected chi connectivity index (χ4v) is 3.69. The molecule has 0 fully saturated rings. The Morgan fingerprint density at radius 2 is 1.78 bits per heavy atom. The number of aromatic nitrogens is 1. The lowest BCUT2D eigenvalue weighted by molar-refractivity contribution is 0.0693. The Bertz CT molecular complexity index is 1100. The maximum Gasteiger partial charge on any atom is 0.261 e. The minimum absolute atomic E-state index is 0.245. The number of rotatable bonds is 3. The van der Waals surface area contributed by atoms with E-state index in [4.69, 9.17) is 0 Å². The normalized spacial score (nSPS) is 13.0. The van der Waals surface area contributed by atoms with E-state index in [2.05, 4.69) is 10.3 Å². The number of hydrogen-bond donors (Lipinski definition) is 1. The predicted octanol–water partition coefficient (Wildman–Crippen LogP) is 3.60. The van der Waals surface area contributed by atoms with Gasteiger partial charge in [-0.05, 0) is 30.7 Å². The summed E-state index contributed by atoms with van der Waals surface area (Å²) >= 11 is 1.33. The molecule has 1 N–H and O–H groups in total. The van der Waals surface area contributed by atoms with E-state index in [-0.39, 0.29) is 17.4 Å². The molecule has 1 aliphatic rings. The van der Waals surface area contributed by atoms with Crippen LogP contribution in [0.2, 0.25) is 0 Å². The van der Waals surface area contributed by atoms with E-state index < -0.39 is 5.91 Å². The van der Waals surface area contributed by atoms with E-state index in [1.807, 2.05) is 36.6 Å². The van der Waals surface area contributed by atoms with Gasteiger partial charge in [0.15, 0.2) is 5.13 Å². The number of amides is 3. The molecular weight excluding hydrogens is 362 g/mol. The summed E-state index contributed by atoms with van der Waals surface area (Å²) in [7, 11) is 1.42. The number of benzene rings is 2. The molecule has 0 saturated heterocycles. The smallest absolute Gasteiger partial charge is 0.261 e. The first kappa shape index (κ1) is 17.1. The SMILES string of the molecule is Cc1ccccc1-c1csc(NC(=O)c2ccc3c(c2)C(=O)N(C)C3=O)n1. The number of nitrogens with zero attached hydrogens (tertiary/aromatic N) is 2. The monoisotopic (exact) mass is 377 g/mol. The maximum atomic E-state index is 12.5. The fraction of sp³-hybridized carbons (Fsp3) is 0.100. The van der Waals surface area contributed by atoms with Gasteiger partial charge < -0.3 is 0 Å². The third-order valence-corrected chi connectivity index (χ3v) is 5.26. The van der Waals surface area contributed by atoms with Gasteiger partial charge >= 0.3 is 0 Å². The molecule has 0 unspecified atom stereocenters. The zero-order valence-electron chi connectivity index (χ0n) is 14.6. The number of carbonyl (C=O) groups is 3. The summed E-state index contributed by atoms with van der Waals surface area (Å²) in [6.07, 6.45) is 0. The van der Waals surface area contributed by atoms with Gasteiger partial charge in [-0.3, -0.25) is 24.6 Å². The highest BCUT2D eigenvalue weighted by Gasteiger charge is 2.33. The Labute approximate surface area is 159 Å². The number of hydrogen-bond acceptors (Lipinski definition) is 5. The Morgan fingerprint density at radius 3 is 2.56 bits per heavy atom. The number of carbonyl (C=O) groups excluding carboxylic acids is 3. The topological polar surface area (TPSA) is 79.4 Å². The highest BCUT2D eigenvalue weighted by molar-refractivity contribution is 7.14. The summed E-state index contributed by atoms with van der Waals surface area (Å²) in [4.78, 5) is 42.1. The number of fused-ring (bicyclic) bond motifs is 1. The second-order valence-electron chi connectivity index (χ2n) is 6.24. The average Bonchev–Trinajstić information content (AvgIpc) is 3.21. The van der Waals surface area contributed by atoms with E-state index in [0.717, 1.165) is 21.7 Å². The van der Waals surface area contributed by atoms with Gasteiger partial charge in [0.1, 0.15) is 0 Å². The number of anilines is 1. The molecule has 3 aromatic rings. The molecule has 6 nitrogen and oxygen atoms in total. The van der Waals surface area contributed by atoms with Crippen LogP contribution in [-0.2, 0) is 0 Å². The predicted molar refractivity (Wildman–Crippen MR) is 103 cm³/mol. The molecule has 0 spiro atoms. The highest BCUT2D eigenvalue weighted by atomic mass is 32.1. The molecular formula is C20H15N3O3S. The van der Waals surface area contributed by atoms with Crippen molar-refractivity contribution in [3.63, 3.8) is 0 Å². The number of nitrogens with one attached hydrogen (secondary N) is 1. The molecule has 7 heteroatoms. The molecule has 0 bridgehead atoms. The Hall–Kier alpha value is -3.32. The van der Waals surface area contributed by atoms with Crippen LogP contribution in [0.1, 0.15) is 36.6 Å². The van der Waals surface area contributed by atoms with E-state index >= 15 is 0 Å². The number of imide groups is 1. The summed E-state index contributed by atoms with van der Waals surface area (Å²) in [5.74, 6) is -1.14. The van der Waals surface area contributed by atoms with Crippen molar-refractivity contribution in [3.8, 4) is 11.3 Å². The Morgan fingerprint density at radius 1 is 1.04 bits per heavy atom. The Balaban J connectivity index is 1.57. The van der Waals surface area contributed by atoms with Crippen LogP contribution >= 0.6 is 11.3 Å². The van der Waals surface area contributed by atoms with Gasteiger partial charge in [-0.15, -0.1) is 11.3 Å². The quantitative estimate of drug-likeness (QED) is 0.708. The molecule has 3 amide bonds. The van der Waals surface area contributed by atoms with Crippen molar-refractivity contribution >= 4 is 34.2 Å². The largest absolute Gasteiger partial charge is 0.298 e. The summed E-state index contributed by atoms with van der Waals surface area (Å²) in [5, 5.41) is 5.11. The van der Waals surface area contributed by atoms with Gasteiger partial charge in [0.25, 0.3) is 17.7 Å². The van der Waals surface area contributed by atoms with Gasteiger partial charge in [-0.2, -0.15) is 0 Å². The lowest BCUT2D eigenvalue weighted by atomic mass is 10.1. The van der Waals surface area contributed by atoms with Crippen molar-refractivity contribution in [1.29, 1.82) is 0 Å². The molecule has 4 rings (SSSR count). The molecule has 0 saturated carbocycles. The van der Waals surface area contributed by atoms with Crippen LogP contribution in [0.3, 0.4) is 0 Å². The molecule has 0 radical (unpaired) electrons. The van der Waals surface area contributed by atoms with E-state index in [1.54, 1.807) is 0 Å². The molecule has 134 valence electrons. The van der Waals surface area contributed by atoms with Crippen LogP contribution in [0.5, 0.6) is 0 Å². The summed E-state index contributed by atoms with van der Waals surface area (Å²) in [6.45, 7) is 2.01. The zero-order valence-corrected chi connectivity index (χ0v) is 15.5. The molecule has 1 aromatic heterocycles. The van der Waals surface area contributed by atoms with Crippen molar-refractivity contribution in [2.24, 2.45) is 0 Å². The molecule has 2 aromatic carbocycles. The van der Waals surface area contributed by atoms with Crippen molar-refractivity contribution in [2.45, 2.75) is 6.92 Å². The Kier molecular flexibility index (Phi) is 4.08. The van der Waals surface area contributed by atoms with Gasteiger partial charge in [0.2, 0.25) is 0 Å². The third-order valence-electron chi connectivity index (χ3n) is 4.50. The summed E-state index contributed by atoms with van der Waals surface area (Å²) < 4.78 is 0. The van der Waals surface area contributed by atoms with Crippen LogP contribution in [-0.4, -0.2) is 34.7 Å². The lowest BCUT2D eigenvalue weighted by Crippen LogP contribution is -2.24. The molecule has 2 heterocycles. The molecule has 0 aliphatic carbocycles. The second-order valence-corrected chi connectivity index (χ2v) is 7.09. The average molecular weight is 377 g/mol. The minimum atomic E-state index is -0.402. The lowest BCUT2D eigenvalue weighted by Gasteiger charge is -2.04. The van der Waals surface area contributed by atoms with Crippen LogP contribution in [0.15, 0.2) is 47.8 Å². The standard InChI is InChI=1S/C20H15N3O3S/c1-11-5-3-4-6-13(11)16-10-27-20(21-16)22-17(24)12-7-8-14-15(9-12)19(26)23(2)18(14)25/h3-10H,1-2H3,(H,21,22,24). The zero-order chi connectivity index (χ0) is 19.1. The number of thiazole rings is 1. The first-order valence-electron chi connectivity index (χ1n) is 8.25. The van der Waals surface area contributed by atoms with Crippen molar-refractivity contribution in [2.75, 3.05) is 12.4 Å². The summed E-state index contributed by atoms with van der Waals surface area (Å²) in [6, 6.07) is 12.4. The van der Waals surface area contributed by atoms with Crippen molar-refractivity contribution in [1.82, 2.24) is 9.88 Å². The minimum Gasteiger partial charge on any atom is -0.298 e. The van der Waals surface area contributed by atoms with Crippen molar-refractivity contribution < 1.29 is 14.4 Å². The van der Waals surface area contributed by atoms with Crippen LogP contribution in [0.25, 0.3) is 11.3 Å². The third kappa shape index (κ3) is 2.92. The second kappa shape index (κ2) is 6.44. The molecule has 1 aliphatic heterocycles. The molecule has 27 heavy (non-hydrogen) atoms. The van der Waals surface area contributed by atoms with Crippen LogP contribution < -0.4 is 5.32 Å². The van der Waals surface area contributed by atoms with Crippen LogP contribution in [0, 0.1) is 6.92 Å². The number of aryl methyl sites for hydroxylation is 1. The van der Waals surface area contributed by atoms with Gasteiger partial charge in [-0.25, -0.2) is 4.98 Å². The van der Waals surface area contributed by atoms with Gasteiger partial charge in [0, 0.05) is 23.6 Å². The van der Waals surface area contributed by atoms with E-state index in [1.165, 1.54) is 36.6 Å². The fourth-order valence-electron chi connectivity index (χ4n) is 2.99. The van der Waals surface area contributed by atoms with Crippen molar-refractivity contribution in [3.05, 3.63) is 70.1 Å². The molecule has 0 atom stereocenters.